The van der Waals surface area contributed by atoms with Gasteiger partial charge in [0.15, 0.2) is 0 Å². The Morgan fingerprint density at radius 3 is 2.03 bits per heavy atom. The molecule has 0 aliphatic carbocycles. The van der Waals surface area contributed by atoms with Gasteiger partial charge in [-0.1, -0.05) is 12.1 Å². The Morgan fingerprint density at radius 1 is 0.828 bits per heavy atom. The number of anilines is 3. The molecule has 0 atom stereocenters. The minimum atomic E-state index is -0.825. The summed E-state index contributed by atoms with van der Waals surface area (Å²) >= 11 is 0. The summed E-state index contributed by atoms with van der Waals surface area (Å²) in [4.78, 5) is 25.3. The van der Waals surface area contributed by atoms with Crippen LogP contribution in [0.2, 0.25) is 0 Å². The van der Waals surface area contributed by atoms with E-state index in [4.69, 9.17) is 0 Å². The molecule has 0 radical (unpaired) electrons. The fourth-order valence-electron chi connectivity index (χ4n) is 3.22. The van der Waals surface area contributed by atoms with Crippen molar-refractivity contribution in [3.8, 4) is 0 Å². The first-order valence-electron chi connectivity index (χ1n) is 9.24. The van der Waals surface area contributed by atoms with Gasteiger partial charge in [0.2, 0.25) is 0 Å². The van der Waals surface area contributed by atoms with Crippen LogP contribution >= 0.6 is 0 Å². The summed E-state index contributed by atoms with van der Waals surface area (Å²) in [5, 5.41) is 2.26. The van der Waals surface area contributed by atoms with Gasteiger partial charge in [0.05, 0.1) is 5.56 Å². The number of hydrogen-bond donors (Lipinski definition) is 1. The maximum absolute atomic E-state index is 13.7. The smallest absolute Gasteiger partial charge is 0.257 e. The summed E-state index contributed by atoms with van der Waals surface area (Å²) in [6.07, 6.45) is 3.19. The van der Waals surface area contributed by atoms with Crippen molar-refractivity contribution < 1.29 is 13.6 Å². The second-order valence-corrected chi connectivity index (χ2v) is 6.62. The lowest BCUT2D eigenvalue weighted by molar-refractivity contribution is 0.102. The SMILES string of the molecule is O=C(Nc1c(F)cccc1F)c1ccc(N2CCN(c3ccccn3)CC2)nc1. The quantitative estimate of drug-likeness (QED) is 0.734. The van der Waals surface area contributed by atoms with E-state index < -0.39 is 23.2 Å². The zero-order valence-electron chi connectivity index (χ0n) is 15.6. The number of benzene rings is 1. The van der Waals surface area contributed by atoms with Crippen LogP contribution in [0, 0.1) is 11.6 Å². The van der Waals surface area contributed by atoms with E-state index in [2.05, 4.69) is 25.1 Å². The first kappa shape index (κ1) is 18.8. The zero-order valence-corrected chi connectivity index (χ0v) is 15.6. The Kier molecular flexibility index (Phi) is 5.33. The summed E-state index contributed by atoms with van der Waals surface area (Å²) in [7, 11) is 0. The summed E-state index contributed by atoms with van der Waals surface area (Å²) in [6, 6.07) is 12.6. The lowest BCUT2D eigenvalue weighted by atomic mass is 10.2. The van der Waals surface area contributed by atoms with Gasteiger partial charge in [0.25, 0.3) is 5.91 Å². The second kappa shape index (κ2) is 8.22. The van der Waals surface area contributed by atoms with Crippen molar-refractivity contribution >= 4 is 23.2 Å². The number of halogens is 2. The molecule has 0 bridgehead atoms. The van der Waals surface area contributed by atoms with Crippen LogP contribution in [0.5, 0.6) is 0 Å². The molecule has 3 aromatic rings. The Hall–Kier alpha value is -3.55. The van der Waals surface area contributed by atoms with Gasteiger partial charge in [-0.15, -0.1) is 0 Å². The molecule has 8 heteroatoms. The van der Waals surface area contributed by atoms with Gasteiger partial charge in [-0.2, -0.15) is 0 Å². The minimum absolute atomic E-state index is 0.225. The summed E-state index contributed by atoms with van der Waals surface area (Å²) < 4.78 is 27.4. The molecule has 1 aliphatic rings. The minimum Gasteiger partial charge on any atom is -0.353 e. The maximum atomic E-state index is 13.7. The molecule has 6 nitrogen and oxygen atoms in total. The molecule has 3 heterocycles. The van der Waals surface area contributed by atoms with Crippen molar-refractivity contribution in [2.45, 2.75) is 0 Å². The van der Waals surface area contributed by atoms with Gasteiger partial charge >= 0.3 is 0 Å². The van der Waals surface area contributed by atoms with E-state index in [-0.39, 0.29) is 5.56 Å². The standard InChI is InChI=1S/C21H19F2N5O/c22-16-4-3-5-17(23)20(16)26-21(29)15-7-8-19(25-14-15)28-12-10-27(11-13-28)18-6-1-2-9-24-18/h1-9,14H,10-13H2,(H,26,29). The predicted molar refractivity (Wildman–Crippen MR) is 107 cm³/mol. The number of pyridine rings is 2. The molecule has 1 aliphatic heterocycles. The predicted octanol–water partition coefficient (Wildman–Crippen LogP) is 3.33. The topological polar surface area (TPSA) is 61.4 Å². The number of para-hydroxylation sites is 1. The highest BCUT2D eigenvalue weighted by Gasteiger charge is 2.19. The largest absolute Gasteiger partial charge is 0.353 e. The molecule has 4 rings (SSSR count). The third-order valence-corrected chi connectivity index (χ3v) is 4.79. The number of piperazine rings is 1. The molecule has 1 amide bonds. The van der Waals surface area contributed by atoms with Crippen LogP contribution in [0.15, 0.2) is 60.9 Å². The maximum Gasteiger partial charge on any atom is 0.257 e. The first-order chi connectivity index (χ1) is 14.1. The average molecular weight is 395 g/mol. The highest BCUT2D eigenvalue weighted by Crippen LogP contribution is 2.20. The third kappa shape index (κ3) is 4.16. The van der Waals surface area contributed by atoms with Crippen molar-refractivity contribution in [2.24, 2.45) is 0 Å². The van der Waals surface area contributed by atoms with Gasteiger partial charge in [-0.3, -0.25) is 4.79 Å². The van der Waals surface area contributed by atoms with Gasteiger partial charge in [-0.25, -0.2) is 18.7 Å². The van der Waals surface area contributed by atoms with Gasteiger partial charge in [0.1, 0.15) is 29.0 Å². The Labute approximate surface area is 166 Å². The Balaban J connectivity index is 1.39. The lowest BCUT2D eigenvalue weighted by Gasteiger charge is -2.36. The van der Waals surface area contributed by atoms with Crippen molar-refractivity contribution in [3.05, 3.63) is 78.1 Å². The van der Waals surface area contributed by atoms with Crippen LogP contribution in [0.25, 0.3) is 0 Å². The van der Waals surface area contributed by atoms with Crippen LogP contribution in [0.1, 0.15) is 10.4 Å². The Bertz CT molecular complexity index is 969. The number of hydrogen-bond acceptors (Lipinski definition) is 5. The van der Waals surface area contributed by atoms with Crippen LogP contribution in [-0.4, -0.2) is 42.1 Å². The van der Waals surface area contributed by atoms with Crippen LogP contribution in [-0.2, 0) is 0 Å². The number of rotatable bonds is 4. The summed E-state index contributed by atoms with van der Waals surface area (Å²) in [5.74, 6) is -0.567. The molecule has 148 valence electrons. The third-order valence-electron chi connectivity index (χ3n) is 4.79. The molecular formula is C21H19F2N5O. The number of carbonyl (C=O) groups excluding carboxylic acids is 1. The van der Waals surface area contributed by atoms with Crippen molar-refractivity contribution in [3.63, 3.8) is 0 Å². The second-order valence-electron chi connectivity index (χ2n) is 6.62. The van der Waals surface area contributed by atoms with Crippen LogP contribution in [0.3, 0.4) is 0 Å². The van der Waals surface area contributed by atoms with E-state index >= 15 is 0 Å². The molecule has 2 aromatic heterocycles. The zero-order chi connectivity index (χ0) is 20.2. The monoisotopic (exact) mass is 395 g/mol. The molecule has 0 unspecified atom stereocenters. The van der Waals surface area contributed by atoms with Crippen molar-refractivity contribution in [2.75, 3.05) is 41.3 Å². The van der Waals surface area contributed by atoms with E-state index in [1.54, 1.807) is 18.3 Å². The fourth-order valence-corrected chi connectivity index (χ4v) is 3.22. The molecule has 0 saturated carbocycles. The van der Waals surface area contributed by atoms with E-state index in [9.17, 15) is 13.6 Å². The highest BCUT2D eigenvalue weighted by atomic mass is 19.1. The van der Waals surface area contributed by atoms with Crippen molar-refractivity contribution in [1.29, 1.82) is 0 Å². The van der Waals surface area contributed by atoms with E-state index in [0.717, 1.165) is 49.9 Å². The van der Waals surface area contributed by atoms with Crippen LogP contribution < -0.4 is 15.1 Å². The molecular weight excluding hydrogens is 376 g/mol. The highest BCUT2D eigenvalue weighted by molar-refractivity contribution is 6.04. The van der Waals surface area contributed by atoms with Gasteiger partial charge in [0, 0.05) is 38.6 Å². The molecule has 29 heavy (non-hydrogen) atoms. The molecule has 1 fully saturated rings. The first-order valence-corrected chi connectivity index (χ1v) is 9.24. The summed E-state index contributed by atoms with van der Waals surface area (Å²) in [5.41, 5.74) is -0.240. The van der Waals surface area contributed by atoms with E-state index in [0.29, 0.717) is 0 Å². The number of amides is 1. The molecule has 1 saturated heterocycles. The fraction of sp³-hybridized carbons (Fsp3) is 0.190. The van der Waals surface area contributed by atoms with Crippen molar-refractivity contribution in [1.82, 2.24) is 9.97 Å². The van der Waals surface area contributed by atoms with Gasteiger partial charge in [-0.05, 0) is 36.4 Å². The van der Waals surface area contributed by atoms with Crippen LogP contribution in [0.4, 0.5) is 26.1 Å². The van der Waals surface area contributed by atoms with E-state index in [1.807, 2.05) is 18.2 Å². The molecule has 1 N–H and O–H groups in total. The number of nitrogens with zero attached hydrogens (tertiary/aromatic N) is 4. The number of aromatic nitrogens is 2. The van der Waals surface area contributed by atoms with Gasteiger partial charge < -0.3 is 15.1 Å². The number of nitrogens with one attached hydrogen (secondary N) is 1. The average Bonchev–Trinajstić information content (AvgIpc) is 2.77. The molecule has 0 spiro atoms. The summed E-state index contributed by atoms with van der Waals surface area (Å²) in [6.45, 7) is 3.17. The number of carbonyl (C=O) groups is 1. The molecule has 1 aromatic carbocycles. The lowest BCUT2D eigenvalue weighted by Crippen LogP contribution is -2.47. The van der Waals surface area contributed by atoms with E-state index in [1.165, 1.54) is 12.3 Å². The Morgan fingerprint density at radius 2 is 1.48 bits per heavy atom. The normalized spacial score (nSPS) is 14.0.